The number of aromatic carboxylic acids is 1. The van der Waals surface area contributed by atoms with E-state index in [0.717, 1.165) is 30.1 Å². The van der Waals surface area contributed by atoms with Crippen LogP contribution in [0.25, 0.3) is 0 Å². The molecule has 0 amide bonds. The van der Waals surface area contributed by atoms with Crippen LogP contribution in [0.15, 0.2) is 6.07 Å². The van der Waals surface area contributed by atoms with Crippen molar-refractivity contribution in [3.8, 4) is 0 Å². The molecular formula is C13H20N2O2S. The quantitative estimate of drug-likeness (QED) is 0.774. The second kappa shape index (κ2) is 6.31. The Kier molecular flexibility index (Phi) is 4.74. The summed E-state index contributed by atoms with van der Waals surface area (Å²) in [5, 5.41) is 12.3. The van der Waals surface area contributed by atoms with Crippen LogP contribution < -0.4 is 5.32 Å². The molecule has 2 heterocycles. The van der Waals surface area contributed by atoms with Crippen molar-refractivity contribution in [2.75, 3.05) is 26.2 Å². The fraction of sp³-hybridized carbons (Fsp3) is 0.615. The molecule has 100 valence electrons. The number of hydrogen-bond acceptors (Lipinski definition) is 4. The van der Waals surface area contributed by atoms with Crippen molar-refractivity contribution in [2.45, 2.75) is 26.3 Å². The maximum Gasteiger partial charge on any atom is 0.345 e. The molecule has 0 saturated carbocycles. The molecule has 2 rings (SSSR count). The molecule has 5 heteroatoms. The summed E-state index contributed by atoms with van der Waals surface area (Å²) >= 11 is 1.36. The van der Waals surface area contributed by atoms with Crippen molar-refractivity contribution in [2.24, 2.45) is 0 Å². The molecule has 4 nitrogen and oxygen atoms in total. The SMILES string of the molecule is Cc1sc(C(=O)O)cc1CNCCN1CCCC1. The molecule has 18 heavy (non-hydrogen) atoms. The minimum absolute atomic E-state index is 0.434. The number of hydrogen-bond donors (Lipinski definition) is 2. The van der Waals surface area contributed by atoms with Gasteiger partial charge in [0.1, 0.15) is 4.88 Å². The molecule has 1 fully saturated rings. The first-order valence-electron chi connectivity index (χ1n) is 6.42. The van der Waals surface area contributed by atoms with Crippen LogP contribution in [0.3, 0.4) is 0 Å². The first kappa shape index (κ1) is 13.5. The number of carbonyl (C=O) groups is 1. The number of carboxylic acid groups (broad SMARTS) is 1. The number of aryl methyl sites for hydroxylation is 1. The molecule has 0 aromatic carbocycles. The van der Waals surface area contributed by atoms with Crippen LogP contribution in [0.1, 0.15) is 33.0 Å². The topological polar surface area (TPSA) is 52.6 Å². The van der Waals surface area contributed by atoms with Crippen LogP contribution in [-0.2, 0) is 6.54 Å². The summed E-state index contributed by atoms with van der Waals surface area (Å²) in [6.07, 6.45) is 2.65. The van der Waals surface area contributed by atoms with Gasteiger partial charge in [0.25, 0.3) is 0 Å². The summed E-state index contributed by atoms with van der Waals surface area (Å²) in [4.78, 5) is 14.9. The summed E-state index contributed by atoms with van der Waals surface area (Å²) in [5.74, 6) is -0.827. The molecule has 0 unspecified atom stereocenters. The molecule has 0 atom stereocenters. The van der Waals surface area contributed by atoms with E-state index in [0.29, 0.717) is 4.88 Å². The molecule has 0 spiro atoms. The van der Waals surface area contributed by atoms with E-state index in [1.807, 2.05) is 6.92 Å². The minimum Gasteiger partial charge on any atom is -0.477 e. The number of nitrogens with one attached hydrogen (secondary N) is 1. The fourth-order valence-corrected chi connectivity index (χ4v) is 3.15. The second-order valence-corrected chi connectivity index (χ2v) is 5.98. The van der Waals surface area contributed by atoms with Gasteiger partial charge in [0.2, 0.25) is 0 Å². The predicted octanol–water partition coefficient (Wildman–Crippen LogP) is 1.94. The normalized spacial score (nSPS) is 16.3. The summed E-state index contributed by atoms with van der Waals surface area (Å²) < 4.78 is 0. The van der Waals surface area contributed by atoms with Crippen LogP contribution >= 0.6 is 11.3 Å². The largest absolute Gasteiger partial charge is 0.477 e. The Balaban J connectivity index is 1.74. The van der Waals surface area contributed by atoms with Crippen molar-refractivity contribution in [3.05, 3.63) is 21.4 Å². The monoisotopic (exact) mass is 268 g/mol. The van der Waals surface area contributed by atoms with Crippen molar-refractivity contribution in [3.63, 3.8) is 0 Å². The molecule has 1 aromatic rings. The molecule has 2 N–H and O–H groups in total. The first-order valence-corrected chi connectivity index (χ1v) is 7.24. The highest BCUT2D eigenvalue weighted by Crippen LogP contribution is 2.21. The number of thiophene rings is 1. The Bertz CT molecular complexity index is 411. The zero-order valence-corrected chi connectivity index (χ0v) is 11.6. The molecule has 1 aliphatic heterocycles. The third-order valence-corrected chi connectivity index (χ3v) is 4.43. The second-order valence-electron chi connectivity index (χ2n) is 4.72. The van der Waals surface area contributed by atoms with Gasteiger partial charge >= 0.3 is 5.97 Å². The average molecular weight is 268 g/mol. The van der Waals surface area contributed by atoms with Gasteiger partial charge in [0.05, 0.1) is 0 Å². The van der Waals surface area contributed by atoms with Gasteiger partial charge in [-0.05, 0) is 44.5 Å². The smallest absolute Gasteiger partial charge is 0.345 e. The van der Waals surface area contributed by atoms with E-state index < -0.39 is 5.97 Å². The molecule has 1 aliphatic rings. The number of carboxylic acids is 1. The van der Waals surface area contributed by atoms with E-state index in [1.165, 1.54) is 37.3 Å². The van der Waals surface area contributed by atoms with E-state index in [1.54, 1.807) is 6.07 Å². The van der Waals surface area contributed by atoms with Gasteiger partial charge in [-0.1, -0.05) is 0 Å². The van der Waals surface area contributed by atoms with E-state index in [9.17, 15) is 4.79 Å². The number of nitrogens with zero attached hydrogens (tertiary/aromatic N) is 1. The van der Waals surface area contributed by atoms with Crippen molar-refractivity contribution in [1.29, 1.82) is 0 Å². The van der Waals surface area contributed by atoms with Crippen LogP contribution in [0.5, 0.6) is 0 Å². The Morgan fingerprint density at radius 1 is 1.50 bits per heavy atom. The molecule has 0 radical (unpaired) electrons. The predicted molar refractivity (Wildman–Crippen MR) is 73.4 cm³/mol. The average Bonchev–Trinajstić information content (AvgIpc) is 2.94. The molecule has 1 saturated heterocycles. The molecule has 0 bridgehead atoms. The van der Waals surface area contributed by atoms with Gasteiger partial charge < -0.3 is 15.3 Å². The molecular weight excluding hydrogens is 248 g/mol. The van der Waals surface area contributed by atoms with E-state index in [2.05, 4.69) is 10.2 Å². The van der Waals surface area contributed by atoms with Crippen LogP contribution in [0.2, 0.25) is 0 Å². The lowest BCUT2D eigenvalue weighted by atomic mass is 10.2. The van der Waals surface area contributed by atoms with Crippen molar-refractivity contribution >= 4 is 17.3 Å². The van der Waals surface area contributed by atoms with Crippen LogP contribution in [0, 0.1) is 6.92 Å². The summed E-state index contributed by atoms with van der Waals surface area (Å²) in [6.45, 7) is 7.26. The lowest BCUT2D eigenvalue weighted by Gasteiger charge is -2.14. The summed E-state index contributed by atoms with van der Waals surface area (Å²) in [7, 11) is 0. The Hall–Kier alpha value is -0.910. The standard InChI is InChI=1S/C13H20N2O2S/c1-10-11(8-12(18-10)13(16)17)9-14-4-7-15-5-2-3-6-15/h8,14H,2-7,9H2,1H3,(H,16,17). The van der Waals surface area contributed by atoms with Gasteiger partial charge in [0, 0.05) is 24.5 Å². The van der Waals surface area contributed by atoms with E-state index >= 15 is 0 Å². The Labute approximate surface area is 112 Å². The van der Waals surface area contributed by atoms with Crippen molar-refractivity contribution < 1.29 is 9.90 Å². The highest BCUT2D eigenvalue weighted by atomic mass is 32.1. The highest BCUT2D eigenvalue weighted by Gasteiger charge is 2.12. The summed E-state index contributed by atoms with van der Waals surface area (Å²) in [6, 6.07) is 1.78. The van der Waals surface area contributed by atoms with Crippen LogP contribution in [0.4, 0.5) is 0 Å². The van der Waals surface area contributed by atoms with Crippen molar-refractivity contribution in [1.82, 2.24) is 10.2 Å². The van der Waals surface area contributed by atoms with Gasteiger partial charge in [0.15, 0.2) is 0 Å². The summed E-state index contributed by atoms with van der Waals surface area (Å²) in [5.41, 5.74) is 1.11. The highest BCUT2D eigenvalue weighted by molar-refractivity contribution is 7.14. The van der Waals surface area contributed by atoms with Gasteiger partial charge in [-0.25, -0.2) is 4.79 Å². The van der Waals surface area contributed by atoms with E-state index in [4.69, 9.17) is 5.11 Å². The van der Waals surface area contributed by atoms with Crippen LogP contribution in [-0.4, -0.2) is 42.2 Å². The van der Waals surface area contributed by atoms with Gasteiger partial charge in [-0.2, -0.15) is 0 Å². The fourth-order valence-electron chi connectivity index (χ4n) is 2.27. The maximum atomic E-state index is 10.9. The zero-order chi connectivity index (χ0) is 13.0. The maximum absolute atomic E-state index is 10.9. The van der Waals surface area contributed by atoms with Gasteiger partial charge in [-0.15, -0.1) is 11.3 Å². The Morgan fingerprint density at radius 3 is 2.83 bits per heavy atom. The van der Waals surface area contributed by atoms with E-state index in [-0.39, 0.29) is 0 Å². The third-order valence-electron chi connectivity index (χ3n) is 3.35. The molecule has 0 aliphatic carbocycles. The Morgan fingerprint density at radius 2 is 2.22 bits per heavy atom. The zero-order valence-electron chi connectivity index (χ0n) is 10.7. The third kappa shape index (κ3) is 3.54. The van der Waals surface area contributed by atoms with Gasteiger partial charge in [-0.3, -0.25) is 0 Å². The number of rotatable bonds is 6. The number of likely N-dealkylation sites (tertiary alicyclic amines) is 1. The lowest BCUT2D eigenvalue weighted by Crippen LogP contribution is -2.29. The first-order chi connectivity index (χ1) is 8.66. The lowest BCUT2D eigenvalue weighted by molar-refractivity contribution is 0.0702. The molecule has 1 aromatic heterocycles. The minimum atomic E-state index is -0.827.